The van der Waals surface area contributed by atoms with Crippen LogP contribution in [0.5, 0.6) is 0 Å². The third kappa shape index (κ3) is 2.43. The van der Waals surface area contributed by atoms with Gasteiger partial charge in [-0.3, -0.25) is 0 Å². The molecule has 86 valence electrons. The fourth-order valence-electron chi connectivity index (χ4n) is 1.24. The van der Waals surface area contributed by atoms with Gasteiger partial charge in [0, 0.05) is 6.54 Å². The van der Waals surface area contributed by atoms with E-state index in [1.807, 2.05) is 0 Å². The summed E-state index contributed by atoms with van der Waals surface area (Å²) in [5.41, 5.74) is 0.202. The summed E-state index contributed by atoms with van der Waals surface area (Å²) in [5.74, 6) is -5.54. The molecule has 0 heterocycles. The molecule has 1 atom stereocenters. The van der Waals surface area contributed by atoms with Crippen LogP contribution in [0.4, 0.5) is 0 Å². The van der Waals surface area contributed by atoms with Crippen molar-refractivity contribution in [2.24, 2.45) is 0 Å². The molecule has 1 unspecified atom stereocenters. The van der Waals surface area contributed by atoms with Crippen LogP contribution in [0.25, 0.3) is 0 Å². The van der Waals surface area contributed by atoms with Crippen LogP contribution in [-0.4, -0.2) is 56.8 Å². The van der Waals surface area contributed by atoms with E-state index >= 15 is 0 Å². The van der Waals surface area contributed by atoms with Crippen LogP contribution in [0.15, 0.2) is 23.8 Å². The van der Waals surface area contributed by atoms with E-state index in [-0.39, 0.29) is 12.1 Å². The maximum atomic E-state index is 9.51. The largest absolute Gasteiger partial charge is 0.387 e. The van der Waals surface area contributed by atoms with Crippen molar-refractivity contribution >= 4 is 0 Å². The summed E-state index contributed by atoms with van der Waals surface area (Å²) in [5, 5.41) is 49.1. The Kier molecular flexibility index (Phi) is 3.29. The Balaban J connectivity index is 2.89. The maximum Gasteiger partial charge on any atom is 0.243 e. The molecule has 0 aliphatic heterocycles. The SMILES string of the molecule is CNCC(O)C1=CC(O)(O)C(O)(O)C=C1. The van der Waals surface area contributed by atoms with Crippen molar-refractivity contribution in [3.8, 4) is 0 Å². The highest BCUT2D eigenvalue weighted by Crippen LogP contribution is 2.27. The van der Waals surface area contributed by atoms with E-state index in [9.17, 15) is 15.3 Å². The van der Waals surface area contributed by atoms with Crippen LogP contribution in [0.2, 0.25) is 0 Å². The minimum Gasteiger partial charge on any atom is -0.387 e. The molecule has 6 N–H and O–H groups in total. The van der Waals surface area contributed by atoms with Gasteiger partial charge >= 0.3 is 0 Å². The summed E-state index contributed by atoms with van der Waals surface area (Å²) in [6, 6.07) is 0. The first-order valence-electron chi connectivity index (χ1n) is 4.44. The Hall–Kier alpha value is -0.760. The van der Waals surface area contributed by atoms with Crippen molar-refractivity contribution in [1.82, 2.24) is 5.32 Å². The van der Waals surface area contributed by atoms with E-state index in [2.05, 4.69) is 5.32 Å². The topological polar surface area (TPSA) is 113 Å². The number of hydrogen-bond acceptors (Lipinski definition) is 6. The van der Waals surface area contributed by atoms with Crippen molar-refractivity contribution < 1.29 is 25.5 Å². The second-order valence-electron chi connectivity index (χ2n) is 3.50. The average Bonchev–Trinajstić information content (AvgIpc) is 2.10. The third-order valence-electron chi connectivity index (χ3n) is 2.20. The Morgan fingerprint density at radius 2 is 1.87 bits per heavy atom. The summed E-state index contributed by atoms with van der Waals surface area (Å²) in [6.07, 6.45) is 1.89. The lowest BCUT2D eigenvalue weighted by molar-refractivity contribution is -0.309. The molecule has 0 saturated carbocycles. The van der Waals surface area contributed by atoms with Gasteiger partial charge in [0.05, 0.1) is 6.10 Å². The van der Waals surface area contributed by atoms with Gasteiger partial charge < -0.3 is 30.8 Å². The van der Waals surface area contributed by atoms with E-state index < -0.39 is 17.7 Å². The van der Waals surface area contributed by atoms with Crippen molar-refractivity contribution in [2.45, 2.75) is 17.7 Å². The molecule has 0 aromatic heterocycles. The normalized spacial score (nSPS) is 24.8. The van der Waals surface area contributed by atoms with Crippen molar-refractivity contribution in [3.05, 3.63) is 23.8 Å². The Morgan fingerprint density at radius 3 is 2.33 bits per heavy atom. The number of aliphatic hydroxyl groups is 5. The molecule has 6 heteroatoms. The molecular formula is C9H15NO5. The molecule has 0 radical (unpaired) electrons. The second-order valence-corrected chi connectivity index (χ2v) is 3.50. The molecule has 0 bridgehead atoms. The number of likely N-dealkylation sites (N-methyl/N-ethyl adjacent to an activating group) is 1. The van der Waals surface area contributed by atoms with Crippen molar-refractivity contribution in [2.75, 3.05) is 13.6 Å². The van der Waals surface area contributed by atoms with Gasteiger partial charge in [0.25, 0.3) is 0 Å². The smallest absolute Gasteiger partial charge is 0.243 e. The molecule has 0 amide bonds. The van der Waals surface area contributed by atoms with E-state index in [0.29, 0.717) is 0 Å². The molecule has 0 saturated heterocycles. The van der Waals surface area contributed by atoms with Gasteiger partial charge in [-0.2, -0.15) is 0 Å². The summed E-state index contributed by atoms with van der Waals surface area (Å²) < 4.78 is 0. The van der Waals surface area contributed by atoms with Crippen LogP contribution in [0.1, 0.15) is 0 Å². The second kappa shape index (κ2) is 4.01. The molecule has 6 nitrogen and oxygen atoms in total. The van der Waals surface area contributed by atoms with E-state index in [1.54, 1.807) is 7.05 Å². The average molecular weight is 217 g/mol. The van der Waals surface area contributed by atoms with Gasteiger partial charge in [0.1, 0.15) is 0 Å². The van der Waals surface area contributed by atoms with Crippen LogP contribution in [0, 0.1) is 0 Å². The van der Waals surface area contributed by atoms with E-state index in [1.165, 1.54) is 6.08 Å². The van der Waals surface area contributed by atoms with Crippen LogP contribution in [-0.2, 0) is 0 Å². The lowest BCUT2D eigenvalue weighted by Gasteiger charge is -2.34. The van der Waals surface area contributed by atoms with E-state index in [4.69, 9.17) is 10.2 Å². The van der Waals surface area contributed by atoms with Crippen molar-refractivity contribution in [1.29, 1.82) is 0 Å². The first kappa shape index (κ1) is 12.3. The van der Waals surface area contributed by atoms with Crippen LogP contribution < -0.4 is 5.32 Å². The van der Waals surface area contributed by atoms with Crippen LogP contribution in [0.3, 0.4) is 0 Å². The van der Waals surface area contributed by atoms with Gasteiger partial charge in [-0.1, -0.05) is 6.08 Å². The molecular weight excluding hydrogens is 202 g/mol. The molecule has 0 aromatic rings. The number of aliphatic hydroxyl groups excluding tert-OH is 1. The van der Waals surface area contributed by atoms with Crippen LogP contribution >= 0.6 is 0 Å². The lowest BCUT2D eigenvalue weighted by Crippen LogP contribution is -2.53. The molecule has 0 aromatic carbocycles. The summed E-state index contributed by atoms with van der Waals surface area (Å²) in [6.45, 7) is 0.218. The zero-order valence-corrected chi connectivity index (χ0v) is 8.25. The Labute approximate surface area is 86.8 Å². The predicted octanol–water partition coefficient (Wildman–Crippen LogP) is -2.58. The zero-order valence-electron chi connectivity index (χ0n) is 8.25. The summed E-state index contributed by atoms with van der Waals surface area (Å²) in [7, 11) is 1.63. The highest BCUT2D eigenvalue weighted by Gasteiger charge is 2.46. The highest BCUT2D eigenvalue weighted by atomic mass is 16.6. The number of rotatable bonds is 3. The van der Waals surface area contributed by atoms with Gasteiger partial charge in [0.2, 0.25) is 11.6 Å². The Morgan fingerprint density at radius 1 is 1.27 bits per heavy atom. The summed E-state index contributed by atoms with van der Waals surface area (Å²) >= 11 is 0. The first-order chi connectivity index (χ1) is 6.80. The van der Waals surface area contributed by atoms with Crippen molar-refractivity contribution in [3.63, 3.8) is 0 Å². The first-order valence-corrected chi connectivity index (χ1v) is 4.44. The molecule has 0 spiro atoms. The quantitative estimate of drug-likeness (QED) is 0.290. The third-order valence-corrected chi connectivity index (χ3v) is 2.20. The highest BCUT2D eigenvalue weighted by molar-refractivity contribution is 5.34. The molecule has 1 aliphatic carbocycles. The molecule has 15 heavy (non-hydrogen) atoms. The minimum absolute atomic E-state index is 0.202. The van der Waals surface area contributed by atoms with E-state index in [0.717, 1.165) is 12.2 Å². The molecule has 1 aliphatic rings. The van der Waals surface area contributed by atoms with Gasteiger partial charge in [-0.25, -0.2) is 0 Å². The number of nitrogens with one attached hydrogen (secondary N) is 1. The van der Waals surface area contributed by atoms with Gasteiger partial charge in [0.15, 0.2) is 0 Å². The monoisotopic (exact) mass is 217 g/mol. The number of hydrogen-bond donors (Lipinski definition) is 6. The fraction of sp³-hybridized carbons (Fsp3) is 0.556. The Bertz CT molecular complexity index is 295. The van der Waals surface area contributed by atoms with Gasteiger partial charge in [-0.15, -0.1) is 0 Å². The predicted molar refractivity (Wildman–Crippen MR) is 51.5 cm³/mol. The standard InChI is InChI=1S/C9H15NO5/c1-10-5-7(11)6-2-3-8(12,13)9(14,15)4-6/h2-4,7,10-15H,5H2,1H3. The minimum atomic E-state index is -2.80. The molecule has 0 fully saturated rings. The maximum absolute atomic E-state index is 9.51. The zero-order chi connectivity index (χ0) is 11.7. The molecule has 1 rings (SSSR count). The lowest BCUT2D eigenvalue weighted by atomic mass is 9.93. The fourth-order valence-corrected chi connectivity index (χ4v) is 1.24. The van der Waals surface area contributed by atoms with Gasteiger partial charge in [-0.05, 0) is 24.8 Å². The summed E-state index contributed by atoms with van der Waals surface area (Å²) in [4.78, 5) is 0.